The molecule has 0 bridgehead atoms. The van der Waals surface area contributed by atoms with Gasteiger partial charge in [-0.3, -0.25) is 28.7 Å². The molecular weight excluding hydrogens is 441 g/mol. The van der Waals surface area contributed by atoms with Gasteiger partial charge in [-0.15, -0.1) is 0 Å². The van der Waals surface area contributed by atoms with Gasteiger partial charge in [0.25, 0.3) is 0 Å². The fourth-order valence-electron chi connectivity index (χ4n) is 3.64. The summed E-state index contributed by atoms with van der Waals surface area (Å²) < 4.78 is 17.7. The van der Waals surface area contributed by atoms with Crippen molar-refractivity contribution in [1.29, 1.82) is 0 Å². The SMILES string of the molecule is CC(C)Cn1c(C=Cc2cnn(Cc3ccccc3F)c2)c([N+](=O)[O-])c(=O)n(CC(C)C)c1=O. The Labute approximate surface area is 195 Å². The lowest BCUT2D eigenvalue weighted by molar-refractivity contribution is -0.387. The summed E-state index contributed by atoms with van der Waals surface area (Å²) in [5.41, 5.74) is -1.14. The van der Waals surface area contributed by atoms with Gasteiger partial charge in [0.2, 0.25) is 0 Å². The Balaban J connectivity index is 2.06. The maximum absolute atomic E-state index is 13.9. The predicted molar refractivity (Wildman–Crippen MR) is 128 cm³/mol. The normalized spacial score (nSPS) is 11.7. The quantitative estimate of drug-likeness (QED) is 0.350. The summed E-state index contributed by atoms with van der Waals surface area (Å²) in [6.07, 6.45) is 6.12. The van der Waals surface area contributed by atoms with Gasteiger partial charge in [-0.1, -0.05) is 45.9 Å². The lowest BCUT2D eigenvalue weighted by Gasteiger charge is -2.16. The van der Waals surface area contributed by atoms with E-state index in [0.29, 0.717) is 11.1 Å². The van der Waals surface area contributed by atoms with E-state index in [1.54, 1.807) is 30.5 Å². The Bertz CT molecular complexity index is 1330. The van der Waals surface area contributed by atoms with Crippen LogP contribution in [0.1, 0.15) is 44.5 Å². The molecule has 0 saturated heterocycles. The molecule has 9 nitrogen and oxygen atoms in total. The summed E-state index contributed by atoms with van der Waals surface area (Å²) >= 11 is 0. The molecule has 0 atom stereocenters. The third-order valence-corrected chi connectivity index (χ3v) is 5.10. The van der Waals surface area contributed by atoms with Crippen molar-refractivity contribution >= 4 is 17.8 Å². The summed E-state index contributed by atoms with van der Waals surface area (Å²) in [6, 6.07) is 6.37. The Morgan fingerprint density at radius 3 is 2.32 bits per heavy atom. The topological polar surface area (TPSA) is 105 Å². The Kier molecular flexibility index (Phi) is 7.60. The molecule has 0 unspecified atom stereocenters. The molecule has 0 N–H and O–H groups in total. The summed E-state index contributed by atoms with van der Waals surface area (Å²) in [5, 5.41) is 16.1. The molecule has 1 aromatic carbocycles. The van der Waals surface area contributed by atoms with Crippen LogP contribution in [0.3, 0.4) is 0 Å². The van der Waals surface area contributed by atoms with Crippen molar-refractivity contribution in [2.24, 2.45) is 11.8 Å². The van der Waals surface area contributed by atoms with Gasteiger partial charge in [-0.25, -0.2) is 9.18 Å². The number of nitro groups is 1. The van der Waals surface area contributed by atoms with Crippen LogP contribution in [0, 0.1) is 27.8 Å². The molecule has 3 rings (SSSR count). The molecule has 0 aliphatic rings. The van der Waals surface area contributed by atoms with Crippen molar-refractivity contribution in [3.63, 3.8) is 0 Å². The van der Waals surface area contributed by atoms with Gasteiger partial charge in [0.15, 0.2) is 0 Å². The second-order valence-corrected chi connectivity index (χ2v) is 8.98. The molecule has 0 aliphatic heterocycles. The summed E-state index contributed by atoms with van der Waals surface area (Å²) in [6.45, 7) is 7.94. The third kappa shape index (κ3) is 5.56. The first-order valence-electron chi connectivity index (χ1n) is 11.0. The highest BCUT2D eigenvalue weighted by molar-refractivity contribution is 5.71. The first-order valence-corrected chi connectivity index (χ1v) is 11.0. The molecule has 0 amide bonds. The highest BCUT2D eigenvalue weighted by atomic mass is 19.1. The Hall–Kier alpha value is -3.82. The molecule has 0 saturated carbocycles. The molecule has 0 aliphatic carbocycles. The molecule has 3 aromatic rings. The molecule has 0 radical (unpaired) electrons. The molecule has 10 heteroatoms. The van der Waals surface area contributed by atoms with Crippen molar-refractivity contribution in [3.05, 3.63) is 90.2 Å². The van der Waals surface area contributed by atoms with Crippen molar-refractivity contribution in [3.8, 4) is 0 Å². The highest BCUT2D eigenvalue weighted by Gasteiger charge is 2.27. The molecule has 180 valence electrons. The number of hydrogen-bond donors (Lipinski definition) is 0. The molecule has 34 heavy (non-hydrogen) atoms. The van der Waals surface area contributed by atoms with Gasteiger partial charge in [0.1, 0.15) is 11.5 Å². The summed E-state index contributed by atoms with van der Waals surface area (Å²) in [4.78, 5) is 37.2. The zero-order chi connectivity index (χ0) is 25.0. The smallest absolute Gasteiger partial charge is 0.287 e. The van der Waals surface area contributed by atoms with E-state index < -0.39 is 21.9 Å². The van der Waals surface area contributed by atoms with Gasteiger partial charge in [0.05, 0.1) is 17.7 Å². The van der Waals surface area contributed by atoms with Crippen LogP contribution < -0.4 is 11.2 Å². The Morgan fingerprint density at radius 1 is 1.06 bits per heavy atom. The molecule has 0 fully saturated rings. The number of hydrogen-bond acceptors (Lipinski definition) is 5. The summed E-state index contributed by atoms with van der Waals surface area (Å²) in [5.74, 6) is -0.373. The van der Waals surface area contributed by atoms with Crippen LogP contribution in [-0.4, -0.2) is 23.8 Å². The van der Waals surface area contributed by atoms with Gasteiger partial charge in [0, 0.05) is 30.4 Å². The molecule has 0 spiro atoms. The predicted octanol–water partition coefficient (Wildman–Crippen LogP) is 3.78. The molecular formula is C24H28FN5O4. The highest BCUT2D eigenvalue weighted by Crippen LogP contribution is 2.18. The van der Waals surface area contributed by atoms with Crippen LogP contribution in [0.2, 0.25) is 0 Å². The van der Waals surface area contributed by atoms with Gasteiger partial charge >= 0.3 is 16.9 Å². The van der Waals surface area contributed by atoms with Crippen LogP contribution in [0.5, 0.6) is 0 Å². The largest absolute Gasteiger partial charge is 0.357 e. The van der Waals surface area contributed by atoms with E-state index in [4.69, 9.17) is 0 Å². The van der Waals surface area contributed by atoms with Crippen LogP contribution in [0.4, 0.5) is 10.1 Å². The van der Waals surface area contributed by atoms with Gasteiger partial charge < -0.3 is 0 Å². The first-order chi connectivity index (χ1) is 16.1. The monoisotopic (exact) mass is 469 g/mol. The second kappa shape index (κ2) is 10.4. The van der Waals surface area contributed by atoms with E-state index in [0.717, 1.165) is 4.57 Å². The average molecular weight is 470 g/mol. The minimum absolute atomic E-state index is 0.0120. The van der Waals surface area contributed by atoms with Gasteiger partial charge in [-0.2, -0.15) is 5.10 Å². The number of benzene rings is 1. The summed E-state index contributed by atoms with van der Waals surface area (Å²) in [7, 11) is 0. The second-order valence-electron chi connectivity index (χ2n) is 8.98. The number of aromatic nitrogens is 4. The number of rotatable bonds is 9. The zero-order valence-corrected chi connectivity index (χ0v) is 19.6. The van der Waals surface area contributed by atoms with E-state index in [9.17, 15) is 24.1 Å². The maximum Gasteiger partial charge on any atom is 0.357 e. The molecule has 2 heterocycles. The fourth-order valence-corrected chi connectivity index (χ4v) is 3.64. The van der Waals surface area contributed by atoms with E-state index >= 15 is 0 Å². The minimum Gasteiger partial charge on any atom is -0.287 e. The lowest BCUT2D eigenvalue weighted by Crippen LogP contribution is -2.43. The van der Waals surface area contributed by atoms with Gasteiger partial charge in [-0.05, 0) is 30.1 Å². The van der Waals surface area contributed by atoms with Crippen molar-refractivity contribution in [2.45, 2.75) is 47.3 Å². The van der Waals surface area contributed by atoms with E-state index in [1.807, 2.05) is 27.7 Å². The third-order valence-electron chi connectivity index (χ3n) is 5.10. The maximum atomic E-state index is 13.9. The van der Waals surface area contributed by atoms with E-state index in [-0.39, 0.29) is 43.0 Å². The number of nitrogens with zero attached hydrogens (tertiary/aromatic N) is 5. The van der Waals surface area contributed by atoms with Crippen molar-refractivity contribution in [2.75, 3.05) is 0 Å². The minimum atomic E-state index is -0.918. The van der Waals surface area contributed by atoms with Crippen LogP contribution in [0.15, 0.2) is 46.2 Å². The lowest BCUT2D eigenvalue weighted by atomic mass is 10.2. The van der Waals surface area contributed by atoms with Crippen molar-refractivity contribution in [1.82, 2.24) is 18.9 Å². The number of halogens is 1. The van der Waals surface area contributed by atoms with Crippen molar-refractivity contribution < 1.29 is 9.31 Å². The zero-order valence-electron chi connectivity index (χ0n) is 19.6. The van der Waals surface area contributed by atoms with E-state index in [1.165, 1.54) is 27.6 Å². The molecule has 2 aromatic heterocycles. The van der Waals surface area contributed by atoms with E-state index in [2.05, 4.69) is 5.10 Å². The fraction of sp³-hybridized carbons (Fsp3) is 0.375. The van der Waals surface area contributed by atoms with Crippen LogP contribution in [-0.2, 0) is 19.6 Å². The Morgan fingerprint density at radius 2 is 1.71 bits per heavy atom. The van der Waals surface area contributed by atoms with Crippen LogP contribution in [0.25, 0.3) is 12.2 Å². The average Bonchev–Trinajstić information content (AvgIpc) is 3.20. The standard InChI is InChI=1S/C24H28FN5O4/c1-16(2)12-28-21(22(30(33)34)23(31)29(24(28)32)13-17(3)4)10-9-18-11-26-27(14-18)15-19-7-5-6-8-20(19)25/h5-11,14,16-17H,12-13,15H2,1-4H3. The first kappa shape index (κ1) is 24.8. The van der Waals surface area contributed by atoms with Crippen LogP contribution >= 0.6 is 0 Å².